The third-order valence-electron chi connectivity index (χ3n) is 7.00. The van der Waals surface area contributed by atoms with Crippen molar-refractivity contribution < 1.29 is 9.53 Å². The van der Waals surface area contributed by atoms with Gasteiger partial charge in [-0.1, -0.05) is 25.1 Å². The van der Waals surface area contributed by atoms with Gasteiger partial charge in [-0.25, -0.2) is 4.98 Å². The van der Waals surface area contributed by atoms with E-state index < -0.39 is 0 Å². The SMILES string of the molecule is C=CC(=O)Nc1cc(Nc2ncc(Cl)c(N3CCc4sccc4C3)n2)c(OC)cc1N1CCN(CC)CC1. The van der Waals surface area contributed by atoms with Crippen LogP contribution >= 0.6 is 22.9 Å². The Morgan fingerprint density at radius 2 is 2.03 bits per heavy atom. The predicted octanol–water partition coefficient (Wildman–Crippen LogP) is 4.77. The number of carbonyl (C=O) groups is 1. The minimum Gasteiger partial charge on any atom is -0.494 e. The maximum atomic E-state index is 12.3. The Labute approximate surface area is 232 Å². The number of benzene rings is 1. The van der Waals surface area contributed by atoms with Gasteiger partial charge in [-0.3, -0.25) is 4.79 Å². The summed E-state index contributed by atoms with van der Waals surface area (Å²) >= 11 is 8.33. The van der Waals surface area contributed by atoms with Crippen LogP contribution in [0, 0.1) is 0 Å². The molecule has 5 rings (SSSR count). The van der Waals surface area contributed by atoms with E-state index in [2.05, 4.69) is 55.3 Å². The van der Waals surface area contributed by atoms with Gasteiger partial charge in [-0.15, -0.1) is 11.3 Å². The lowest BCUT2D eigenvalue weighted by Crippen LogP contribution is -2.46. The number of nitrogens with zero attached hydrogens (tertiary/aromatic N) is 5. The van der Waals surface area contributed by atoms with Gasteiger partial charge < -0.3 is 30.1 Å². The molecular formula is C27H32ClN7O2S. The topological polar surface area (TPSA) is 85.9 Å². The van der Waals surface area contributed by atoms with Gasteiger partial charge in [0.05, 0.1) is 30.4 Å². The second-order valence-electron chi connectivity index (χ2n) is 9.22. The Morgan fingerprint density at radius 1 is 1.21 bits per heavy atom. The zero-order valence-electron chi connectivity index (χ0n) is 21.7. The normalized spacial score (nSPS) is 15.7. The molecule has 2 aliphatic heterocycles. The summed E-state index contributed by atoms with van der Waals surface area (Å²) in [7, 11) is 1.63. The van der Waals surface area contributed by atoms with Crippen LogP contribution in [0.1, 0.15) is 17.4 Å². The number of likely N-dealkylation sites (N-methyl/N-ethyl adjacent to an activating group) is 1. The first-order valence-electron chi connectivity index (χ1n) is 12.7. The largest absolute Gasteiger partial charge is 0.494 e. The van der Waals surface area contributed by atoms with E-state index in [0.29, 0.717) is 33.9 Å². The predicted molar refractivity (Wildman–Crippen MR) is 156 cm³/mol. The van der Waals surface area contributed by atoms with Gasteiger partial charge in [0.2, 0.25) is 11.9 Å². The van der Waals surface area contributed by atoms with Crippen LogP contribution in [0.15, 0.2) is 42.4 Å². The van der Waals surface area contributed by atoms with E-state index in [1.165, 1.54) is 16.5 Å². The van der Waals surface area contributed by atoms with Crippen molar-refractivity contribution >= 4 is 57.7 Å². The van der Waals surface area contributed by atoms with Crippen LogP contribution in [-0.2, 0) is 17.8 Å². The number of anilines is 5. The molecule has 11 heteroatoms. The van der Waals surface area contributed by atoms with E-state index in [4.69, 9.17) is 21.3 Å². The Balaban J connectivity index is 1.44. The minimum absolute atomic E-state index is 0.280. The van der Waals surface area contributed by atoms with Crippen molar-refractivity contribution in [1.82, 2.24) is 14.9 Å². The highest BCUT2D eigenvalue weighted by Crippen LogP contribution is 2.39. The summed E-state index contributed by atoms with van der Waals surface area (Å²) in [5, 5.41) is 8.88. The Bertz CT molecular complexity index is 1320. The molecule has 0 radical (unpaired) electrons. The molecule has 2 aliphatic rings. The molecule has 0 aliphatic carbocycles. The van der Waals surface area contributed by atoms with E-state index in [0.717, 1.165) is 57.9 Å². The molecule has 3 aromatic rings. The number of rotatable bonds is 8. The Kier molecular flexibility index (Phi) is 8.01. The second kappa shape index (κ2) is 11.6. The molecule has 9 nitrogen and oxygen atoms in total. The number of carbonyl (C=O) groups excluding carboxylic acids is 1. The van der Waals surface area contributed by atoms with Gasteiger partial charge in [-0.05, 0) is 42.1 Å². The standard InChI is InChI=1S/C27H32ClN7O2S/c1-4-25(36)30-20-14-21(23(37-3)15-22(20)34-11-9-33(5-2)10-12-34)31-27-29-16-19(28)26(32-27)35-8-6-24-18(17-35)7-13-38-24/h4,7,13-16H,1,5-6,8-12,17H2,2-3H3,(H,30,36)(H,29,31,32). The first-order chi connectivity index (χ1) is 18.5. The fourth-order valence-corrected chi connectivity index (χ4v) is 5.98. The maximum Gasteiger partial charge on any atom is 0.247 e. The third kappa shape index (κ3) is 5.57. The van der Waals surface area contributed by atoms with Crippen molar-refractivity contribution in [1.29, 1.82) is 0 Å². The summed E-state index contributed by atoms with van der Waals surface area (Å²) in [5.41, 5.74) is 3.51. The van der Waals surface area contributed by atoms with Crippen molar-refractivity contribution in [3.05, 3.63) is 57.9 Å². The van der Waals surface area contributed by atoms with Crippen LogP contribution in [0.25, 0.3) is 0 Å². The van der Waals surface area contributed by atoms with E-state index in [1.54, 1.807) is 24.6 Å². The number of methoxy groups -OCH3 is 1. The lowest BCUT2D eigenvalue weighted by molar-refractivity contribution is -0.111. The van der Waals surface area contributed by atoms with Crippen molar-refractivity contribution in [3.8, 4) is 5.75 Å². The van der Waals surface area contributed by atoms with Crippen molar-refractivity contribution in [2.24, 2.45) is 0 Å². The van der Waals surface area contributed by atoms with E-state index in [1.807, 2.05) is 12.1 Å². The molecule has 0 unspecified atom stereocenters. The van der Waals surface area contributed by atoms with E-state index in [-0.39, 0.29) is 5.91 Å². The lowest BCUT2D eigenvalue weighted by atomic mass is 10.1. The smallest absolute Gasteiger partial charge is 0.247 e. The Hall–Kier alpha value is -3.34. The van der Waals surface area contributed by atoms with Crippen LogP contribution in [-0.4, -0.2) is 67.2 Å². The van der Waals surface area contributed by atoms with E-state index >= 15 is 0 Å². The maximum absolute atomic E-state index is 12.3. The summed E-state index contributed by atoms with van der Waals surface area (Å²) in [4.78, 5) is 29.8. The number of fused-ring (bicyclic) bond motifs is 1. The van der Waals surface area contributed by atoms with Gasteiger partial charge in [0.15, 0.2) is 5.82 Å². The molecule has 2 aromatic heterocycles. The average Bonchev–Trinajstić information content (AvgIpc) is 3.42. The first kappa shape index (κ1) is 26.3. The molecule has 200 valence electrons. The summed E-state index contributed by atoms with van der Waals surface area (Å²) in [5.74, 6) is 1.42. The number of nitrogens with one attached hydrogen (secondary N) is 2. The van der Waals surface area contributed by atoms with Crippen molar-refractivity contribution in [2.45, 2.75) is 19.9 Å². The van der Waals surface area contributed by atoms with Crippen LogP contribution in [0.5, 0.6) is 5.75 Å². The number of thiophene rings is 1. The van der Waals surface area contributed by atoms with Crippen LogP contribution in [0.2, 0.25) is 5.02 Å². The Morgan fingerprint density at radius 3 is 2.76 bits per heavy atom. The van der Waals surface area contributed by atoms with E-state index in [9.17, 15) is 4.79 Å². The molecule has 2 N–H and O–H groups in total. The van der Waals surface area contributed by atoms with Crippen LogP contribution in [0.4, 0.5) is 28.8 Å². The lowest BCUT2D eigenvalue weighted by Gasteiger charge is -2.36. The van der Waals surface area contributed by atoms with Crippen molar-refractivity contribution in [3.63, 3.8) is 0 Å². The molecule has 38 heavy (non-hydrogen) atoms. The molecular weight excluding hydrogens is 522 g/mol. The number of hydrogen-bond acceptors (Lipinski definition) is 9. The van der Waals surface area contributed by atoms with Gasteiger partial charge in [-0.2, -0.15) is 4.98 Å². The summed E-state index contributed by atoms with van der Waals surface area (Å²) < 4.78 is 5.75. The highest BCUT2D eigenvalue weighted by Gasteiger charge is 2.24. The molecule has 0 bridgehead atoms. The number of halogens is 1. The number of ether oxygens (including phenoxy) is 1. The fourth-order valence-electron chi connectivity index (χ4n) is 4.88. The monoisotopic (exact) mass is 553 g/mol. The molecule has 1 aromatic carbocycles. The fraction of sp³-hybridized carbons (Fsp3) is 0.370. The van der Waals surface area contributed by atoms with Crippen LogP contribution in [0.3, 0.4) is 0 Å². The van der Waals surface area contributed by atoms with Crippen LogP contribution < -0.4 is 25.2 Å². The first-order valence-corrected chi connectivity index (χ1v) is 14.0. The van der Waals surface area contributed by atoms with Gasteiger partial charge >= 0.3 is 0 Å². The average molecular weight is 554 g/mol. The number of piperazine rings is 1. The number of amides is 1. The molecule has 1 saturated heterocycles. The third-order valence-corrected chi connectivity index (χ3v) is 8.29. The zero-order chi connectivity index (χ0) is 26.6. The highest BCUT2D eigenvalue weighted by atomic mass is 35.5. The number of hydrogen-bond donors (Lipinski definition) is 2. The molecule has 4 heterocycles. The van der Waals surface area contributed by atoms with Gasteiger partial charge in [0.1, 0.15) is 10.8 Å². The highest BCUT2D eigenvalue weighted by molar-refractivity contribution is 7.10. The molecule has 0 spiro atoms. The number of aromatic nitrogens is 2. The van der Waals surface area contributed by atoms with Crippen molar-refractivity contribution in [2.75, 3.05) is 66.8 Å². The molecule has 1 amide bonds. The van der Waals surface area contributed by atoms with Gasteiger partial charge in [0, 0.05) is 50.2 Å². The summed E-state index contributed by atoms with van der Waals surface area (Å²) in [6, 6.07) is 5.97. The second-order valence-corrected chi connectivity index (χ2v) is 10.6. The summed E-state index contributed by atoms with van der Waals surface area (Å²) in [6.45, 7) is 12.0. The molecule has 1 fully saturated rings. The quantitative estimate of drug-likeness (QED) is 0.386. The zero-order valence-corrected chi connectivity index (χ0v) is 23.2. The molecule has 0 saturated carbocycles. The summed E-state index contributed by atoms with van der Waals surface area (Å²) in [6.07, 6.45) is 3.84. The van der Waals surface area contributed by atoms with Gasteiger partial charge in [0.25, 0.3) is 0 Å². The molecule has 0 atom stereocenters. The minimum atomic E-state index is -0.280.